The Balaban J connectivity index is 1.75. The fourth-order valence-corrected chi connectivity index (χ4v) is 3.45. The van der Waals surface area contributed by atoms with E-state index in [-0.39, 0.29) is 51.8 Å². The zero-order chi connectivity index (χ0) is 21.3. The first-order valence-electron chi connectivity index (χ1n) is 9.24. The van der Waals surface area contributed by atoms with E-state index in [4.69, 9.17) is 9.47 Å². The summed E-state index contributed by atoms with van der Waals surface area (Å²) < 4.78 is 25.8. The number of carbonyl (C=O) groups is 1. The molecule has 0 spiro atoms. The van der Waals surface area contributed by atoms with E-state index in [0.29, 0.717) is 13.1 Å². The summed E-state index contributed by atoms with van der Waals surface area (Å²) in [5, 5.41) is 13.5. The number of piperazine rings is 1. The largest absolute Gasteiger partial charge is 0.493 e. The van der Waals surface area contributed by atoms with Crippen molar-refractivity contribution in [3.63, 3.8) is 0 Å². The predicted molar refractivity (Wildman–Crippen MR) is 109 cm³/mol. The fraction of sp³-hybridized carbons (Fsp3) is 0.526. The van der Waals surface area contributed by atoms with Gasteiger partial charge >= 0.3 is 6.09 Å². The number of halogens is 2. The van der Waals surface area contributed by atoms with Crippen molar-refractivity contribution in [2.75, 3.05) is 19.7 Å². The molecule has 0 bridgehead atoms. The van der Waals surface area contributed by atoms with Crippen molar-refractivity contribution in [3.8, 4) is 11.6 Å². The second-order valence-electron chi connectivity index (χ2n) is 7.99. The van der Waals surface area contributed by atoms with Gasteiger partial charge < -0.3 is 24.8 Å². The van der Waals surface area contributed by atoms with Crippen molar-refractivity contribution >= 4 is 32.9 Å². The molecular formula is C19H24BrFN4O4. The number of amides is 1. The highest BCUT2D eigenvalue weighted by Gasteiger charge is 2.32. The summed E-state index contributed by atoms with van der Waals surface area (Å²) in [6.07, 6.45) is 0.706. The lowest BCUT2D eigenvalue weighted by Gasteiger charge is -2.39. The predicted octanol–water partition coefficient (Wildman–Crippen LogP) is 3.21. The van der Waals surface area contributed by atoms with Crippen LogP contribution in [0.15, 0.2) is 16.9 Å². The number of rotatable bonds is 3. The number of aromatic hydroxyl groups is 1. The zero-order valence-electron chi connectivity index (χ0n) is 16.7. The van der Waals surface area contributed by atoms with Crippen molar-refractivity contribution in [2.24, 2.45) is 0 Å². The number of hydrogen-bond donors (Lipinski definition) is 2. The van der Waals surface area contributed by atoms with Gasteiger partial charge in [-0.2, -0.15) is 0 Å². The third-order valence-electron chi connectivity index (χ3n) is 4.47. The van der Waals surface area contributed by atoms with E-state index < -0.39 is 11.4 Å². The highest BCUT2D eigenvalue weighted by atomic mass is 79.9. The number of aromatic nitrogens is 2. The average molecular weight is 471 g/mol. The van der Waals surface area contributed by atoms with Crippen molar-refractivity contribution in [2.45, 2.75) is 45.4 Å². The molecule has 1 saturated heterocycles. The maximum absolute atomic E-state index is 14.3. The second-order valence-corrected chi connectivity index (χ2v) is 8.84. The first-order valence-corrected chi connectivity index (χ1v) is 10.0. The molecule has 0 radical (unpaired) electrons. The molecule has 8 nitrogen and oxygen atoms in total. The summed E-state index contributed by atoms with van der Waals surface area (Å²) in [6.45, 7) is 8.56. The van der Waals surface area contributed by atoms with Crippen LogP contribution in [0, 0.1) is 5.82 Å². The zero-order valence-corrected chi connectivity index (χ0v) is 18.3. The van der Waals surface area contributed by atoms with Gasteiger partial charge in [-0.1, -0.05) is 0 Å². The number of nitrogens with zero attached hydrogens (tertiary/aromatic N) is 3. The van der Waals surface area contributed by atoms with E-state index in [1.807, 2.05) is 27.7 Å². The van der Waals surface area contributed by atoms with Crippen molar-refractivity contribution in [1.82, 2.24) is 20.2 Å². The molecule has 3 rings (SSSR count). The Kier molecular flexibility index (Phi) is 6.13. The molecule has 0 unspecified atom stereocenters. The molecule has 1 aromatic carbocycles. The Morgan fingerprint density at radius 1 is 1.45 bits per heavy atom. The van der Waals surface area contributed by atoms with Crippen molar-refractivity contribution in [3.05, 3.63) is 22.7 Å². The molecule has 0 saturated carbocycles. The molecule has 2 N–H and O–H groups in total. The van der Waals surface area contributed by atoms with Gasteiger partial charge in [-0.3, -0.25) is 0 Å². The Hall–Kier alpha value is -2.20. The van der Waals surface area contributed by atoms with Crippen LogP contribution in [0.5, 0.6) is 11.6 Å². The van der Waals surface area contributed by atoms with Gasteiger partial charge in [0.2, 0.25) is 5.88 Å². The maximum atomic E-state index is 14.3. The summed E-state index contributed by atoms with van der Waals surface area (Å²) in [7, 11) is 0. The Bertz CT molecular complexity index is 921. The van der Waals surface area contributed by atoms with Crippen LogP contribution in [0.1, 0.15) is 27.7 Å². The third kappa shape index (κ3) is 4.87. The lowest BCUT2D eigenvalue weighted by molar-refractivity contribution is 0.00749. The molecule has 29 heavy (non-hydrogen) atoms. The van der Waals surface area contributed by atoms with Crippen LogP contribution in [-0.4, -0.2) is 63.4 Å². The molecule has 1 aliphatic heterocycles. The van der Waals surface area contributed by atoms with Crippen LogP contribution in [0.4, 0.5) is 9.18 Å². The van der Waals surface area contributed by atoms with Crippen LogP contribution in [0.3, 0.4) is 0 Å². The van der Waals surface area contributed by atoms with Gasteiger partial charge in [-0.15, -0.1) is 0 Å². The smallest absolute Gasteiger partial charge is 0.410 e. The van der Waals surface area contributed by atoms with Gasteiger partial charge in [0.05, 0.1) is 10.5 Å². The van der Waals surface area contributed by atoms with Gasteiger partial charge in [0.1, 0.15) is 35.2 Å². The molecule has 10 heteroatoms. The molecule has 1 amide bonds. The SMILES string of the molecule is C[C@@H]1CN[C@H](COc2cc(Br)c(F)c3ncnc(O)c23)CN1C(=O)OC(C)(C)C. The normalized spacial score (nSPS) is 20.0. The van der Waals surface area contributed by atoms with E-state index in [1.54, 1.807) is 4.90 Å². The molecule has 1 aliphatic rings. The highest BCUT2D eigenvalue weighted by molar-refractivity contribution is 9.10. The fourth-order valence-electron chi connectivity index (χ4n) is 3.05. The molecule has 0 aliphatic carbocycles. The molecule has 2 aromatic rings. The van der Waals surface area contributed by atoms with Crippen LogP contribution in [0.25, 0.3) is 10.9 Å². The standard InChI is InChI=1S/C19H24BrFN4O4/c1-10-6-22-11(7-25(10)18(27)29-19(2,3)4)8-28-13-5-12(20)15(21)16-14(13)17(26)24-9-23-16/h5,9-11,22H,6-8H2,1-4H3,(H,23,24,26)/t10-,11+/m1/s1. The van der Waals surface area contributed by atoms with E-state index in [0.717, 1.165) is 6.33 Å². The maximum Gasteiger partial charge on any atom is 0.410 e. The summed E-state index contributed by atoms with van der Waals surface area (Å²) in [5.74, 6) is -0.724. The molecule has 2 atom stereocenters. The average Bonchev–Trinajstić information content (AvgIpc) is 2.63. The van der Waals surface area contributed by atoms with Crippen molar-refractivity contribution in [1.29, 1.82) is 0 Å². The summed E-state index contributed by atoms with van der Waals surface area (Å²) in [5.41, 5.74) is -0.618. The van der Waals surface area contributed by atoms with Crippen LogP contribution < -0.4 is 10.1 Å². The Morgan fingerprint density at radius 3 is 2.86 bits per heavy atom. The molecule has 2 heterocycles. The number of benzene rings is 1. The third-order valence-corrected chi connectivity index (χ3v) is 5.05. The van der Waals surface area contributed by atoms with Gasteiger partial charge in [0.25, 0.3) is 0 Å². The number of nitrogens with one attached hydrogen (secondary N) is 1. The molecular weight excluding hydrogens is 447 g/mol. The second kappa shape index (κ2) is 8.27. The van der Waals surface area contributed by atoms with E-state index in [1.165, 1.54) is 6.07 Å². The van der Waals surface area contributed by atoms with E-state index >= 15 is 0 Å². The summed E-state index contributed by atoms with van der Waals surface area (Å²) in [4.78, 5) is 21.8. The molecule has 1 fully saturated rings. The molecule has 1 aromatic heterocycles. The molecule has 158 valence electrons. The van der Waals surface area contributed by atoms with Gasteiger partial charge in [0.15, 0.2) is 5.82 Å². The summed E-state index contributed by atoms with van der Waals surface area (Å²) >= 11 is 3.14. The minimum Gasteiger partial charge on any atom is -0.493 e. The van der Waals surface area contributed by atoms with Gasteiger partial charge in [0, 0.05) is 19.1 Å². The number of carbonyl (C=O) groups excluding carboxylic acids is 1. The van der Waals surface area contributed by atoms with Gasteiger partial charge in [-0.25, -0.2) is 19.2 Å². The Morgan fingerprint density at radius 2 is 2.17 bits per heavy atom. The van der Waals surface area contributed by atoms with Crippen LogP contribution >= 0.6 is 15.9 Å². The highest BCUT2D eigenvalue weighted by Crippen LogP contribution is 2.36. The number of hydrogen-bond acceptors (Lipinski definition) is 7. The monoisotopic (exact) mass is 470 g/mol. The van der Waals surface area contributed by atoms with E-state index in [9.17, 15) is 14.3 Å². The Labute approximate surface area is 176 Å². The lowest BCUT2D eigenvalue weighted by Crippen LogP contribution is -2.59. The van der Waals surface area contributed by atoms with E-state index in [2.05, 4.69) is 31.2 Å². The quantitative estimate of drug-likeness (QED) is 0.710. The lowest BCUT2D eigenvalue weighted by atomic mass is 10.1. The summed E-state index contributed by atoms with van der Waals surface area (Å²) in [6, 6.07) is 1.22. The first kappa shape index (κ1) is 21.5. The first-order chi connectivity index (χ1) is 13.6. The van der Waals surface area contributed by atoms with Crippen LogP contribution in [0.2, 0.25) is 0 Å². The number of ether oxygens (including phenoxy) is 2. The topological polar surface area (TPSA) is 96.8 Å². The minimum atomic E-state index is -0.606. The van der Waals surface area contributed by atoms with Crippen molar-refractivity contribution < 1.29 is 23.8 Å². The number of fused-ring (bicyclic) bond motifs is 1. The van der Waals surface area contributed by atoms with Gasteiger partial charge in [-0.05, 0) is 49.7 Å². The minimum absolute atomic E-state index is 0.0284. The van der Waals surface area contributed by atoms with Crippen LogP contribution in [-0.2, 0) is 4.74 Å².